The number of aliphatic imine (C=N–C) groups is 1. The second-order valence-corrected chi connectivity index (χ2v) is 8.88. The van der Waals surface area contributed by atoms with Crippen molar-refractivity contribution in [1.82, 2.24) is 14.8 Å². The SMILES string of the molecule is [C-]#[N+]C1=C(C(=O)Oc2ccc(C)cc2)c2nc(-c3ccccc3)nn2C1=Nc1ccc(N(C)C)cc1C. The Labute approximate surface area is 215 Å². The minimum Gasteiger partial charge on any atom is -0.424 e. The van der Waals surface area contributed by atoms with Crippen LogP contribution in [0.5, 0.6) is 5.75 Å². The molecule has 1 aromatic heterocycles. The Morgan fingerprint density at radius 1 is 1.03 bits per heavy atom. The molecule has 4 aromatic rings. The number of esters is 1. The monoisotopic (exact) mass is 488 g/mol. The Bertz CT molecular complexity index is 1610. The third-order valence-corrected chi connectivity index (χ3v) is 5.98. The number of hydrogen-bond acceptors (Lipinski definition) is 6. The molecular weight excluding hydrogens is 464 g/mol. The van der Waals surface area contributed by atoms with Crippen LogP contribution in [-0.4, -0.2) is 40.7 Å². The molecule has 8 nitrogen and oxygen atoms in total. The molecule has 8 heteroatoms. The van der Waals surface area contributed by atoms with Crippen LogP contribution in [0, 0.1) is 20.4 Å². The van der Waals surface area contributed by atoms with E-state index >= 15 is 0 Å². The number of aryl methyl sites for hydroxylation is 2. The molecule has 5 rings (SSSR count). The standard InChI is InChI=1S/C29H24N6O2/c1-18-11-14-22(15-12-18)37-29(36)24-25(30-3)28(31-23-16-13-21(34(4)5)17-19(23)2)35-27(24)32-26(33-35)20-9-7-6-8-10-20/h6-17H,1-2,4-5H3. The summed E-state index contributed by atoms with van der Waals surface area (Å²) in [5.41, 5.74) is 4.52. The lowest BCUT2D eigenvalue weighted by Gasteiger charge is -2.14. The van der Waals surface area contributed by atoms with Crippen molar-refractivity contribution in [2.75, 3.05) is 19.0 Å². The summed E-state index contributed by atoms with van der Waals surface area (Å²) in [5, 5.41) is 4.64. The van der Waals surface area contributed by atoms with Crippen LogP contribution in [0.4, 0.5) is 11.4 Å². The Kier molecular flexibility index (Phi) is 6.12. The van der Waals surface area contributed by atoms with Crippen molar-refractivity contribution >= 4 is 28.8 Å². The van der Waals surface area contributed by atoms with Gasteiger partial charge in [0.15, 0.2) is 17.5 Å². The maximum absolute atomic E-state index is 13.4. The second kappa shape index (κ2) is 9.55. The van der Waals surface area contributed by atoms with Gasteiger partial charge in [-0.15, -0.1) is 5.10 Å². The van der Waals surface area contributed by atoms with Gasteiger partial charge in [0.25, 0.3) is 0 Å². The van der Waals surface area contributed by atoms with Crippen LogP contribution in [0.3, 0.4) is 0 Å². The molecule has 0 radical (unpaired) electrons. The van der Waals surface area contributed by atoms with Crippen LogP contribution < -0.4 is 9.64 Å². The molecule has 37 heavy (non-hydrogen) atoms. The zero-order chi connectivity index (χ0) is 26.1. The smallest absolute Gasteiger partial charge is 0.336 e. The summed E-state index contributed by atoms with van der Waals surface area (Å²) < 4.78 is 7.10. The number of benzene rings is 3. The van der Waals surface area contributed by atoms with Crippen LogP contribution in [0.15, 0.2) is 83.5 Å². The van der Waals surface area contributed by atoms with Crippen molar-refractivity contribution in [3.05, 3.63) is 107 Å². The number of carbonyl (C=O) groups is 1. The van der Waals surface area contributed by atoms with Crippen molar-refractivity contribution in [2.24, 2.45) is 4.99 Å². The quantitative estimate of drug-likeness (QED) is 0.212. The fourth-order valence-corrected chi connectivity index (χ4v) is 3.97. The molecule has 0 amide bonds. The van der Waals surface area contributed by atoms with Crippen molar-refractivity contribution in [3.8, 4) is 17.1 Å². The molecule has 0 fully saturated rings. The third-order valence-electron chi connectivity index (χ3n) is 5.98. The van der Waals surface area contributed by atoms with Crippen LogP contribution in [0.1, 0.15) is 17.0 Å². The predicted molar refractivity (Wildman–Crippen MR) is 144 cm³/mol. The first-order valence-corrected chi connectivity index (χ1v) is 11.7. The molecule has 0 spiro atoms. The fraction of sp³-hybridized carbons (Fsp3) is 0.138. The van der Waals surface area contributed by atoms with Gasteiger partial charge in [-0.2, -0.15) is 0 Å². The Morgan fingerprint density at radius 2 is 1.76 bits per heavy atom. The van der Waals surface area contributed by atoms with E-state index in [1.165, 1.54) is 4.68 Å². The lowest BCUT2D eigenvalue weighted by molar-refractivity contribution is -0.127. The normalized spacial score (nSPS) is 13.4. The number of rotatable bonds is 5. The lowest BCUT2D eigenvalue weighted by atomic mass is 10.1. The zero-order valence-electron chi connectivity index (χ0n) is 20.9. The molecule has 182 valence electrons. The van der Waals surface area contributed by atoms with Crippen molar-refractivity contribution in [1.29, 1.82) is 0 Å². The van der Waals surface area contributed by atoms with E-state index in [9.17, 15) is 4.79 Å². The number of nitrogens with zero attached hydrogens (tertiary/aromatic N) is 6. The molecule has 0 N–H and O–H groups in total. The van der Waals surface area contributed by atoms with E-state index in [1.54, 1.807) is 12.1 Å². The number of aromatic nitrogens is 3. The summed E-state index contributed by atoms with van der Waals surface area (Å²) in [6.07, 6.45) is 0. The molecule has 0 unspecified atom stereocenters. The van der Waals surface area contributed by atoms with Crippen LogP contribution in [0.25, 0.3) is 21.8 Å². The maximum atomic E-state index is 13.4. The number of allylic oxidation sites excluding steroid dienone is 1. The largest absolute Gasteiger partial charge is 0.424 e. The molecule has 0 bridgehead atoms. The van der Waals surface area contributed by atoms with E-state index in [2.05, 4.69) is 14.9 Å². The summed E-state index contributed by atoms with van der Waals surface area (Å²) in [4.78, 5) is 28.5. The van der Waals surface area contributed by atoms with Gasteiger partial charge in [0.1, 0.15) is 11.3 Å². The summed E-state index contributed by atoms with van der Waals surface area (Å²) in [6, 6.07) is 22.4. The first kappa shape index (κ1) is 23.7. The van der Waals surface area contributed by atoms with Gasteiger partial charge < -0.3 is 9.64 Å². The van der Waals surface area contributed by atoms with Crippen LogP contribution in [0.2, 0.25) is 0 Å². The first-order valence-electron chi connectivity index (χ1n) is 11.7. The molecule has 0 atom stereocenters. The Hall–Kier alpha value is -5.03. The van der Waals surface area contributed by atoms with Gasteiger partial charge in [-0.3, -0.25) is 0 Å². The Morgan fingerprint density at radius 3 is 2.41 bits per heavy atom. The number of ether oxygens (including phenoxy) is 1. The highest BCUT2D eigenvalue weighted by Gasteiger charge is 2.37. The lowest BCUT2D eigenvalue weighted by Crippen LogP contribution is -2.11. The predicted octanol–water partition coefficient (Wildman–Crippen LogP) is 5.46. The topological polar surface area (TPSA) is 77.0 Å². The number of anilines is 1. The zero-order valence-corrected chi connectivity index (χ0v) is 20.9. The van der Waals surface area contributed by atoms with E-state index in [0.717, 1.165) is 22.4 Å². The minimum atomic E-state index is -0.687. The fourth-order valence-electron chi connectivity index (χ4n) is 3.97. The molecule has 2 heterocycles. The maximum Gasteiger partial charge on any atom is 0.336 e. The average Bonchev–Trinajstić information content (AvgIpc) is 3.44. The molecule has 0 saturated carbocycles. The summed E-state index contributed by atoms with van der Waals surface area (Å²) in [7, 11) is 3.94. The molecule has 0 aliphatic carbocycles. The first-order chi connectivity index (χ1) is 17.9. The third kappa shape index (κ3) is 4.50. The van der Waals surface area contributed by atoms with Gasteiger partial charge in [-0.05, 0) is 49.7 Å². The molecular formula is C29H24N6O2. The van der Waals surface area contributed by atoms with Gasteiger partial charge in [-0.25, -0.2) is 24.3 Å². The van der Waals surface area contributed by atoms with Crippen LogP contribution >= 0.6 is 0 Å². The van der Waals surface area contributed by atoms with Gasteiger partial charge in [0.2, 0.25) is 5.70 Å². The summed E-state index contributed by atoms with van der Waals surface area (Å²) in [6.45, 7) is 11.8. The van der Waals surface area contributed by atoms with E-state index in [1.807, 2.05) is 93.5 Å². The number of hydrogen-bond donors (Lipinski definition) is 0. The molecule has 0 saturated heterocycles. The summed E-state index contributed by atoms with van der Waals surface area (Å²) >= 11 is 0. The highest BCUT2D eigenvalue weighted by atomic mass is 16.5. The van der Waals surface area contributed by atoms with Gasteiger partial charge in [0.05, 0.1) is 12.3 Å². The highest BCUT2D eigenvalue weighted by Crippen LogP contribution is 2.34. The minimum absolute atomic E-state index is 0.0339. The van der Waals surface area contributed by atoms with E-state index in [0.29, 0.717) is 17.3 Å². The second-order valence-electron chi connectivity index (χ2n) is 8.88. The van der Waals surface area contributed by atoms with Crippen molar-refractivity contribution < 1.29 is 9.53 Å². The number of carbonyl (C=O) groups excluding carboxylic acids is 1. The average molecular weight is 489 g/mol. The van der Waals surface area contributed by atoms with Crippen molar-refractivity contribution in [3.63, 3.8) is 0 Å². The molecule has 1 aliphatic heterocycles. The van der Waals surface area contributed by atoms with Gasteiger partial charge in [0, 0.05) is 25.3 Å². The van der Waals surface area contributed by atoms with Crippen molar-refractivity contribution in [2.45, 2.75) is 13.8 Å². The Balaban J connectivity index is 1.65. The van der Waals surface area contributed by atoms with Crippen LogP contribution in [-0.2, 0) is 4.79 Å². The van der Waals surface area contributed by atoms with E-state index in [-0.39, 0.29) is 22.9 Å². The van der Waals surface area contributed by atoms with Gasteiger partial charge in [-0.1, -0.05) is 48.0 Å². The highest BCUT2D eigenvalue weighted by molar-refractivity contribution is 6.29. The van der Waals surface area contributed by atoms with Gasteiger partial charge >= 0.3 is 5.97 Å². The summed E-state index contributed by atoms with van der Waals surface area (Å²) in [5.74, 6) is 0.572. The van der Waals surface area contributed by atoms with E-state index < -0.39 is 5.97 Å². The van der Waals surface area contributed by atoms with E-state index in [4.69, 9.17) is 16.3 Å². The molecule has 1 aliphatic rings. The molecule has 3 aromatic carbocycles. The number of fused-ring (bicyclic) bond motifs is 1.